The third kappa shape index (κ3) is 3.97. The van der Waals surface area contributed by atoms with Gasteiger partial charge < -0.3 is 24.4 Å². The Labute approximate surface area is 102 Å². The topological polar surface area (TPSA) is 93.7 Å². The van der Waals surface area contributed by atoms with Gasteiger partial charge in [-0.3, -0.25) is 4.21 Å². The predicted octanol–water partition coefficient (Wildman–Crippen LogP) is 0.154. The zero-order valence-corrected chi connectivity index (χ0v) is 10.4. The van der Waals surface area contributed by atoms with Crippen molar-refractivity contribution in [1.82, 2.24) is 5.32 Å². The maximum atomic E-state index is 10.5. The number of hydrogen-bond acceptors (Lipinski definition) is 5. The van der Waals surface area contributed by atoms with Crippen molar-refractivity contribution >= 4 is 17.0 Å². The number of nitrogens with one attached hydrogen (secondary N) is 2. The van der Waals surface area contributed by atoms with Crippen molar-refractivity contribution in [2.45, 2.75) is 6.10 Å². The summed E-state index contributed by atoms with van der Waals surface area (Å²) in [6.07, 6.45) is -0.767. The standard InChI is InChI=1S/C10H16N2O4S/c1-11-6-9(13)8-5-7(12-17(14)15)3-4-10(8)16-2/h3-5,9,11-13H,6H2,1-2H3,(H,14,15)/p-1. The quantitative estimate of drug-likeness (QED) is 0.632. The van der Waals surface area contributed by atoms with E-state index in [0.717, 1.165) is 0 Å². The second kappa shape index (κ2) is 6.55. The van der Waals surface area contributed by atoms with E-state index in [1.807, 2.05) is 0 Å². The highest BCUT2D eigenvalue weighted by Gasteiger charge is 2.13. The molecule has 0 aliphatic carbocycles. The Bertz CT molecular complexity index is 400. The molecule has 2 atom stereocenters. The van der Waals surface area contributed by atoms with Gasteiger partial charge in [0.25, 0.3) is 0 Å². The zero-order chi connectivity index (χ0) is 12.8. The molecule has 0 saturated carbocycles. The minimum Gasteiger partial charge on any atom is -0.755 e. The van der Waals surface area contributed by atoms with E-state index in [0.29, 0.717) is 23.5 Å². The minimum absolute atomic E-state index is 0.347. The van der Waals surface area contributed by atoms with E-state index < -0.39 is 17.4 Å². The highest BCUT2D eigenvalue weighted by atomic mass is 32.2. The van der Waals surface area contributed by atoms with E-state index in [9.17, 15) is 13.9 Å². The summed E-state index contributed by atoms with van der Waals surface area (Å²) in [5.74, 6) is 0.509. The Morgan fingerprint density at radius 3 is 2.82 bits per heavy atom. The third-order valence-corrected chi connectivity index (χ3v) is 2.59. The second-order valence-corrected chi connectivity index (χ2v) is 4.04. The molecule has 0 saturated heterocycles. The van der Waals surface area contributed by atoms with Gasteiger partial charge in [0.05, 0.1) is 13.2 Å². The van der Waals surface area contributed by atoms with Crippen LogP contribution < -0.4 is 14.8 Å². The first-order valence-electron chi connectivity index (χ1n) is 4.95. The Hall–Kier alpha value is -1.15. The normalized spacial score (nSPS) is 14.1. The molecule has 1 aromatic carbocycles. The van der Waals surface area contributed by atoms with Crippen molar-refractivity contribution < 1.29 is 18.6 Å². The van der Waals surface area contributed by atoms with Gasteiger partial charge in [0, 0.05) is 29.1 Å². The average Bonchev–Trinajstić information content (AvgIpc) is 2.28. The first kappa shape index (κ1) is 13.9. The van der Waals surface area contributed by atoms with Crippen LogP contribution in [0.4, 0.5) is 5.69 Å². The molecule has 0 heterocycles. The number of hydrogen-bond donors (Lipinski definition) is 3. The Balaban J connectivity index is 3.01. The minimum atomic E-state index is -2.39. The molecule has 2 unspecified atom stereocenters. The summed E-state index contributed by atoms with van der Waals surface area (Å²) in [5.41, 5.74) is 0.904. The third-order valence-electron chi connectivity index (χ3n) is 2.19. The van der Waals surface area contributed by atoms with Crippen LogP contribution in [0.15, 0.2) is 18.2 Å². The lowest BCUT2D eigenvalue weighted by molar-refractivity contribution is 0.173. The largest absolute Gasteiger partial charge is 0.755 e. The molecule has 0 aliphatic heterocycles. The smallest absolute Gasteiger partial charge is 0.124 e. The van der Waals surface area contributed by atoms with Crippen LogP contribution >= 0.6 is 0 Å². The van der Waals surface area contributed by atoms with E-state index in [1.54, 1.807) is 19.2 Å². The maximum Gasteiger partial charge on any atom is 0.124 e. The SMILES string of the molecule is CNCC(O)c1cc(NS(=O)[O-])ccc1OC. The molecule has 3 N–H and O–H groups in total. The van der Waals surface area contributed by atoms with Crippen LogP contribution in [0, 0.1) is 0 Å². The monoisotopic (exact) mass is 259 g/mol. The van der Waals surface area contributed by atoms with Gasteiger partial charge >= 0.3 is 0 Å². The van der Waals surface area contributed by atoms with Crippen molar-refractivity contribution in [3.05, 3.63) is 23.8 Å². The van der Waals surface area contributed by atoms with Crippen LogP contribution in [0.2, 0.25) is 0 Å². The van der Waals surface area contributed by atoms with Gasteiger partial charge in [0.15, 0.2) is 0 Å². The highest BCUT2D eigenvalue weighted by Crippen LogP contribution is 2.28. The molecule has 0 amide bonds. The van der Waals surface area contributed by atoms with Gasteiger partial charge in [-0.05, 0) is 25.2 Å². The lowest BCUT2D eigenvalue weighted by atomic mass is 10.1. The lowest BCUT2D eigenvalue weighted by Gasteiger charge is -2.17. The van der Waals surface area contributed by atoms with E-state index in [4.69, 9.17) is 4.74 Å². The Morgan fingerprint density at radius 2 is 2.29 bits per heavy atom. The van der Waals surface area contributed by atoms with Gasteiger partial charge in [0.2, 0.25) is 0 Å². The summed E-state index contributed by atoms with van der Waals surface area (Å²) in [7, 11) is 3.20. The van der Waals surface area contributed by atoms with Crippen LogP contribution in [0.1, 0.15) is 11.7 Å². The van der Waals surface area contributed by atoms with Gasteiger partial charge in [-0.2, -0.15) is 0 Å². The summed E-state index contributed by atoms with van der Waals surface area (Å²) in [4.78, 5) is 0. The fourth-order valence-electron chi connectivity index (χ4n) is 1.46. The molecule has 1 rings (SSSR count). The number of rotatable bonds is 6. The van der Waals surface area contributed by atoms with Crippen LogP contribution in [0.3, 0.4) is 0 Å². The molecule has 0 bridgehead atoms. The predicted molar refractivity (Wildman–Crippen MR) is 64.4 cm³/mol. The first-order valence-corrected chi connectivity index (χ1v) is 6.02. The highest BCUT2D eigenvalue weighted by molar-refractivity contribution is 7.80. The van der Waals surface area contributed by atoms with Crippen LogP contribution in [0.5, 0.6) is 5.75 Å². The van der Waals surface area contributed by atoms with E-state index in [-0.39, 0.29) is 0 Å². The molecule has 7 heteroatoms. The van der Waals surface area contributed by atoms with E-state index in [1.165, 1.54) is 13.2 Å². The van der Waals surface area contributed by atoms with Crippen molar-refractivity contribution in [1.29, 1.82) is 0 Å². The lowest BCUT2D eigenvalue weighted by Crippen LogP contribution is -2.17. The first-order chi connectivity index (χ1) is 8.08. The molecule has 0 fully saturated rings. The summed E-state index contributed by atoms with van der Waals surface area (Å²) in [6.45, 7) is 0.347. The molecule has 17 heavy (non-hydrogen) atoms. The summed E-state index contributed by atoms with van der Waals surface area (Å²) < 4.78 is 28.4. The summed E-state index contributed by atoms with van der Waals surface area (Å²) in [5, 5.41) is 12.7. The molecule has 1 aromatic rings. The fraction of sp³-hybridized carbons (Fsp3) is 0.400. The van der Waals surface area contributed by atoms with Crippen LogP contribution in [-0.2, 0) is 11.3 Å². The molecular weight excluding hydrogens is 244 g/mol. The van der Waals surface area contributed by atoms with Crippen molar-refractivity contribution in [3.8, 4) is 5.75 Å². The number of anilines is 1. The number of ether oxygens (including phenoxy) is 1. The number of methoxy groups -OCH3 is 1. The Morgan fingerprint density at radius 1 is 1.59 bits per heavy atom. The van der Waals surface area contributed by atoms with Gasteiger partial charge in [-0.1, -0.05) is 0 Å². The number of aliphatic hydroxyl groups excluding tert-OH is 1. The average molecular weight is 259 g/mol. The molecular formula is C10H15N2O4S-. The van der Waals surface area contributed by atoms with Crippen LogP contribution in [0.25, 0.3) is 0 Å². The van der Waals surface area contributed by atoms with E-state index in [2.05, 4.69) is 10.0 Å². The molecule has 6 nitrogen and oxygen atoms in total. The van der Waals surface area contributed by atoms with Crippen molar-refractivity contribution in [3.63, 3.8) is 0 Å². The van der Waals surface area contributed by atoms with Gasteiger partial charge in [-0.15, -0.1) is 0 Å². The second-order valence-electron chi connectivity index (χ2n) is 3.37. The molecule has 96 valence electrons. The van der Waals surface area contributed by atoms with E-state index >= 15 is 0 Å². The number of aliphatic hydroxyl groups is 1. The van der Waals surface area contributed by atoms with Crippen molar-refractivity contribution in [2.24, 2.45) is 0 Å². The molecule has 0 radical (unpaired) electrons. The number of benzene rings is 1. The molecule has 0 aliphatic rings. The van der Waals surface area contributed by atoms with Crippen molar-refractivity contribution in [2.75, 3.05) is 25.4 Å². The number of likely N-dealkylation sites (N-methyl/N-ethyl adjacent to an activating group) is 1. The van der Waals surface area contributed by atoms with Gasteiger partial charge in [-0.25, -0.2) is 0 Å². The van der Waals surface area contributed by atoms with Crippen LogP contribution in [-0.4, -0.2) is 34.6 Å². The summed E-state index contributed by atoms with van der Waals surface area (Å²) in [6, 6.07) is 4.70. The Kier molecular flexibility index (Phi) is 5.36. The van der Waals surface area contributed by atoms with Gasteiger partial charge in [0.1, 0.15) is 5.75 Å². The summed E-state index contributed by atoms with van der Waals surface area (Å²) >= 11 is -2.39. The molecule has 0 aromatic heterocycles. The maximum absolute atomic E-state index is 10.5. The molecule has 0 spiro atoms. The fourth-order valence-corrected chi connectivity index (χ4v) is 1.78. The zero-order valence-electron chi connectivity index (χ0n) is 9.60.